The molecule has 0 N–H and O–H groups in total. The third kappa shape index (κ3) is 7.72. The first-order valence-electron chi connectivity index (χ1n) is 7.90. The van der Waals surface area contributed by atoms with Crippen molar-refractivity contribution in [3.05, 3.63) is 59.2 Å². The lowest BCUT2D eigenvalue weighted by atomic mass is 10.0. The molecule has 118 valence electrons. The largest absolute Gasteiger partial charge is 0.300 e. The Morgan fingerprint density at radius 1 is 0.909 bits per heavy atom. The molecule has 0 bridgehead atoms. The Labute approximate surface area is 133 Å². The molecule has 1 aromatic carbocycles. The molecular formula is C20H26O2. The number of Topliss-reactive ketones (excluding diaryl/α,β-unsaturated/α-hetero) is 1. The lowest BCUT2D eigenvalue weighted by Crippen LogP contribution is -1.95. The van der Waals surface area contributed by atoms with Gasteiger partial charge in [-0.05, 0) is 52.5 Å². The third-order valence-corrected chi connectivity index (χ3v) is 3.57. The van der Waals surface area contributed by atoms with Gasteiger partial charge in [-0.15, -0.1) is 0 Å². The number of hydrogen-bond donors (Lipinski definition) is 0. The van der Waals surface area contributed by atoms with Crippen LogP contribution in [0.15, 0.2) is 53.6 Å². The monoisotopic (exact) mass is 298 g/mol. The molecule has 0 atom stereocenters. The van der Waals surface area contributed by atoms with Crippen molar-refractivity contribution in [3.8, 4) is 0 Å². The second-order valence-electron chi connectivity index (χ2n) is 5.87. The van der Waals surface area contributed by atoms with E-state index >= 15 is 0 Å². The minimum Gasteiger partial charge on any atom is -0.300 e. The fourth-order valence-corrected chi connectivity index (χ4v) is 2.25. The van der Waals surface area contributed by atoms with Crippen LogP contribution in [-0.4, -0.2) is 11.6 Å². The third-order valence-electron chi connectivity index (χ3n) is 3.57. The minimum absolute atomic E-state index is 0.0758. The Kier molecular flexibility index (Phi) is 8.13. The van der Waals surface area contributed by atoms with E-state index in [9.17, 15) is 9.59 Å². The summed E-state index contributed by atoms with van der Waals surface area (Å²) < 4.78 is 0. The van der Waals surface area contributed by atoms with Crippen LogP contribution in [0.3, 0.4) is 0 Å². The van der Waals surface area contributed by atoms with Gasteiger partial charge in [-0.2, -0.15) is 0 Å². The Bertz CT molecular complexity index is 550. The summed E-state index contributed by atoms with van der Waals surface area (Å²) in [4.78, 5) is 22.9. The predicted octanol–water partition coefficient (Wildman–Crippen LogP) is 5.30. The second-order valence-corrected chi connectivity index (χ2v) is 5.87. The number of ketones is 2. The lowest BCUT2D eigenvalue weighted by Gasteiger charge is -2.03. The summed E-state index contributed by atoms with van der Waals surface area (Å²) in [6, 6.07) is 9.35. The average molecular weight is 298 g/mol. The summed E-state index contributed by atoms with van der Waals surface area (Å²) in [5, 5.41) is 0. The number of benzene rings is 1. The highest BCUT2D eigenvalue weighted by Gasteiger charge is 2.02. The van der Waals surface area contributed by atoms with Crippen molar-refractivity contribution in [2.75, 3.05) is 0 Å². The number of hydrogen-bond acceptors (Lipinski definition) is 2. The topological polar surface area (TPSA) is 34.1 Å². The molecule has 2 heteroatoms. The molecule has 0 aromatic heterocycles. The van der Waals surface area contributed by atoms with Crippen molar-refractivity contribution in [3.63, 3.8) is 0 Å². The van der Waals surface area contributed by atoms with Crippen LogP contribution in [0.25, 0.3) is 0 Å². The SMILES string of the molecule is CC(=O)CCC=C(C)CCCC(C)=CC(=O)c1ccccc1. The molecule has 0 unspecified atom stereocenters. The maximum absolute atomic E-state index is 12.0. The number of carbonyl (C=O) groups is 2. The van der Waals surface area contributed by atoms with Crippen molar-refractivity contribution in [2.45, 2.75) is 52.9 Å². The van der Waals surface area contributed by atoms with E-state index in [0.29, 0.717) is 6.42 Å². The molecule has 0 fully saturated rings. The quantitative estimate of drug-likeness (QED) is 0.352. The molecule has 0 radical (unpaired) electrons. The predicted molar refractivity (Wildman–Crippen MR) is 92.1 cm³/mol. The highest BCUT2D eigenvalue weighted by molar-refractivity contribution is 6.04. The summed E-state index contributed by atoms with van der Waals surface area (Å²) in [6.45, 7) is 5.74. The first-order valence-corrected chi connectivity index (χ1v) is 7.90. The molecule has 0 amide bonds. The van der Waals surface area contributed by atoms with Crippen LogP contribution in [0.1, 0.15) is 63.2 Å². The fourth-order valence-electron chi connectivity index (χ4n) is 2.25. The van der Waals surface area contributed by atoms with Gasteiger partial charge in [0.2, 0.25) is 0 Å². The van der Waals surface area contributed by atoms with E-state index in [1.54, 1.807) is 13.0 Å². The van der Waals surface area contributed by atoms with Gasteiger partial charge in [0.1, 0.15) is 5.78 Å². The molecule has 0 heterocycles. The molecule has 0 aliphatic carbocycles. The lowest BCUT2D eigenvalue weighted by molar-refractivity contribution is -0.116. The smallest absolute Gasteiger partial charge is 0.185 e. The summed E-state index contributed by atoms with van der Waals surface area (Å²) in [6.07, 6.45) is 8.33. The minimum atomic E-state index is 0.0758. The van der Waals surface area contributed by atoms with Crippen molar-refractivity contribution in [1.29, 1.82) is 0 Å². The molecule has 1 aromatic rings. The molecule has 0 saturated heterocycles. The molecule has 22 heavy (non-hydrogen) atoms. The summed E-state index contributed by atoms with van der Waals surface area (Å²) in [5.41, 5.74) is 3.18. The van der Waals surface area contributed by atoms with Gasteiger partial charge >= 0.3 is 0 Å². The average Bonchev–Trinajstić information content (AvgIpc) is 2.47. The first kappa shape index (κ1) is 18.1. The van der Waals surface area contributed by atoms with Gasteiger partial charge in [-0.25, -0.2) is 0 Å². The standard InChI is InChI=1S/C20H26O2/c1-16(10-8-12-18(3)21)9-7-11-17(2)15-20(22)19-13-5-4-6-14-19/h4-6,10,13-15H,7-9,11-12H2,1-3H3. The van der Waals surface area contributed by atoms with Crippen LogP contribution in [0.5, 0.6) is 0 Å². The molecule has 0 spiro atoms. The van der Waals surface area contributed by atoms with Crippen LogP contribution in [0.2, 0.25) is 0 Å². The molecule has 1 rings (SSSR count). The van der Waals surface area contributed by atoms with Crippen molar-refractivity contribution in [1.82, 2.24) is 0 Å². The van der Waals surface area contributed by atoms with Gasteiger partial charge in [0, 0.05) is 12.0 Å². The van der Waals surface area contributed by atoms with E-state index in [1.165, 1.54) is 5.57 Å². The molecule has 0 saturated carbocycles. The van der Waals surface area contributed by atoms with E-state index < -0.39 is 0 Å². The van der Waals surface area contributed by atoms with Gasteiger partial charge in [-0.1, -0.05) is 47.6 Å². The Morgan fingerprint density at radius 3 is 2.18 bits per heavy atom. The Hall–Kier alpha value is -1.96. The van der Waals surface area contributed by atoms with Crippen molar-refractivity contribution in [2.24, 2.45) is 0 Å². The maximum atomic E-state index is 12.0. The second kappa shape index (κ2) is 9.88. The number of allylic oxidation sites excluding steroid dienone is 4. The van der Waals surface area contributed by atoms with Crippen LogP contribution < -0.4 is 0 Å². The highest BCUT2D eigenvalue weighted by Crippen LogP contribution is 2.14. The van der Waals surface area contributed by atoms with Gasteiger partial charge in [0.05, 0.1) is 0 Å². The molecule has 0 aliphatic heterocycles. The van der Waals surface area contributed by atoms with E-state index in [1.807, 2.05) is 37.3 Å². The van der Waals surface area contributed by atoms with Gasteiger partial charge in [0.25, 0.3) is 0 Å². The first-order chi connectivity index (χ1) is 10.5. The number of rotatable bonds is 9. The fraction of sp³-hybridized carbons (Fsp3) is 0.400. The summed E-state index contributed by atoms with van der Waals surface area (Å²) in [5.74, 6) is 0.314. The van der Waals surface area contributed by atoms with Crippen LogP contribution in [0, 0.1) is 0 Å². The van der Waals surface area contributed by atoms with Crippen molar-refractivity contribution < 1.29 is 9.59 Å². The molecular weight excluding hydrogens is 272 g/mol. The van der Waals surface area contributed by atoms with E-state index in [4.69, 9.17) is 0 Å². The molecule has 0 aliphatic rings. The van der Waals surface area contributed by atoms with Crippen LogP contribution in [-0.2, 0) is 4.79 Å². The van der Waals surface area contributed by atoms with E-state index in [2.05, 4.69) is 13.0 Å². The van der Waals surface area contributed by atoms with E-state index in [-0.39, 0.29) is 11.6 Å². The summed E-state index contributed by atoms with van der Waals surface area (Å²) in [7, 11) is 0. The van der Waals surface area contributed by atoms with E-state index in [0.717, 1.165) is 36.8 Å². The maximum Gasteiger partial charge on any atom is 0.185 e. The van der Waals surface area contributed by atoms with Gasteiger partial charge < -0.3 is 4.79 Å². The Morgan fingerprint density at radius 2 is 1.55 bits per heavy atom. The van der Waals surface area contributed by atoms with Crippen molar-refractivity contribution >= 4 is 11.6 Å². The van der Waals surface area contributed by atoms with Gasteiger partial charge in [-0.3, -0.25) is 4.79 Å². The Balaban J connectivity index is 2.36. The normalized spacial score (nSPS) is 12.3. The zero-order chi connectivity index (χ0) is 16.4. The number of carbonyl (C=O) groups excluding carboxylic acids is 2. The molecule has 2 nitrogen and oxygen atoms in total. The van der Waals surface area contributed by atoms with Crippen LogP contribution in [0.4, 0.5) is 0 Å². The highest BCUT2D eigenvalue weighted by atomic mass is 16.1. The van der Waals surface area contributed by atoms with Crippen LogP contribution >= 0.6 is 0 Å². The zero-order valence-electron chi connectivity index (χ0n) is 13.9. The zero-order valence-corrected chi connectivity index (χ0v) is 13.9. The van der Waals surface area contributed by atoms with Gasteiger partial charge in [0.15, 0.2) is 5.78 Å². The summed E-state index contributed by atoms with van der Waals surface area (Å²) >= 11 is 0.